The lowest BCUT2D eigenvalue weighted by Gasteiger charge is -2.31. The summed E-state index contributed by atoms with van der Waals surface area (Å²) in [5.41, 5.74) is 2.04. The van der Waals surface area contributed by atoms with Crippen LogP contribution >= 0.6 is 0 Å². The van der Waals surface area contributed by atoms with Gasteiger partial charge in [0, 0.05) is 44.0 Å². The molecule has 2 saturated heterocycles. The van der Waals surface area contributed by atoms with Crippen LogP contribution in [0, 0.1) is 0 Å². The third-order valence-electron chi connectivity index (χ3n) is 3.96. The van der Waals surface area contributed by atoms with Crippen LogP contribution in [0.5, 0.6) is 0 Å². The summed E-state index contributed by atoms with van der Waals surface area (Å²) < 4.78 is 0. The van der Waals surface area contributed by atoms with E-state index in [-0.39, 0.29) is 5.91 Å². The fourth-order valence-corrected chi connectivity index (χ4v) is 2.62. The minimum absolute atomic E-state index is 0.176. The Labute approximate surface area is 114 Å². The minimum atomic E-state index is 0.176. The van der Waals surface area contributed by atoms with E-state index in [1.807, 2.05) is 17.0 Å². The van der Waals surface area contributed by atoms with Crippen LogP contribution in [0.4, 0.5) is 5.69 Å². The molecule has 102 valence electrons. The summed E-state index contributed by atoms with van der Waals surface area (Å²) >= 11 is 0. The number of likely N-dealkylation sites (tertiary alicyclic amines) is 1. The number of nitrogens with one attached hydrogen (secondary N) is 1. The van der Waals surface area contributed by atoms with Crippen molar-refractivity contribution in [1.82, 2.24) is 10.2 Å². The molecule has 0 radical (unpaired) electrons. The van der Waals surface area contributed by atoms with Crippen molar-refractivity contribution in [2.45, 2.75) is 12.8 Å². The van der Waals surface area contributed by atoms with Gasteiger partial charge in [-0.1, -0.05) is 0 Å². The molecular formula is C15H21N3O. The Bertz CT molecular complexity index is 431. The minimum Gasteiger partial charge on any atom is -0.370 e. The summed E-state index contributed by atoms with van der Waals surface area (Å²) in [6, 6.07) is 8.10. The molecule has 2 aliphatic heterocycles. The van der Waals surface area contributed by atoms with Crippen molar-refractivity contribution in [3.63, 3.8) is 0 Å². The van der Waals surface area contributed by atoms with Crippen LogP contribution in [0.1, 0.15) is 23.2 Å². The highest BCUT2D eigenvalue weighted by Crippen LogP contribution is 2.18. The quantitative estimate of drug-likeness (QED) is 0.870. The molecule has 3 rings (SSSR count). The number of rotatable bonds is 2. The predicted molar refractivity (Wildman–Crippen MR) is 76.7 cm³/mol. The summed E-state index contributed by atoms with van der Waals surface area (Å²) in [5, 5.41) is 3.40. The smallest absolute Gasteiger partial charge is 0.253 e. The average molecular weight is 259 g/mol. The zero-order valence-corrected chi connectivity index (χ0v) is 11.3. The monoisotopic (exact) mass is 259 g/mol. The van der Waals surface area contributed by atoms with Gasteiger partial charge in [-0.3, -0.25) is 4.79 Å². The molecule has 1 amide bonds. The van der Waals surface area contributed by atoms with Gasteiger partial charge in [-0.25, -0.2) is 0 Å². The number of carbonyl (C=O) groups is 1. The second-order valence-electron chi connectivity index (χ2n) is 5.28. The number of anilines is 1. The molecule has 1 aromatic rings. The van der Waals surface area contributed by atoms with E-state index < -0.39 is 0 Å². The number of hydrogen-bond acceptors (Lipinski definition) is 3. The molecule has 0 aromatic heterocycles. The van der Waals surface area contributed by atoms with Gasteiger partial charge < -0.3 is 15.1 Å². The van der Waals surface area contributed by atoms with E-state index in [1.54, 1.807) is 0 Å². The third kappa shape index (κ3) is 2.73. The first-order valence-electron chi connectivity index (χ1n) is 7.19. The van der Waals surface area contributed by atoms with Gasteiger partial charge in [0.2, 0.25) is 0 Å². The van der Waals surface area contributed by atoms with Crippen LogP contribution in [0.3, 0.4) is 0 Å². The van der Waals surface area contributed by atoms with Crippen molar-refractivity contribution in [1.29, 1.82) is 0 Å². The Morgan fingerprint density at radius 3 is 2.42 bits per heavy atom. The van der Waals surface area contributed by atoms with Crippen molar-refractivity contribution in [2.24, 2.45) is 0 Å². The topological polar surface area (TPSA) is 35.6 Å². The normalized spacial score (nSPS) is 19.8. The zero-order chi connectivity index (χ0) is 13.1. The molecule has 0 spiro atoms. The number of hydrogen-bond donors (Lipinski definition) is 1. The van der Waals surface area contributed by atoms with Crippen molar-refractivity contribution in [3.05, 3.63) is 29.8 Å². The summed E-state index contributed by atoms with van der Waals surface area (Å²) in [6.07, 6.45) is 2.32. The van der Waals surface area contributed by atoms with Crippen molar-refractivity contribution in [2.75, 3.05) is 44.2 Å². The van der Waals surface area contributed by atoms with Gasteiger partial charge in [0.15, 0.2) is 0 Å². The molecule has 0 bridgehead atoms. The first kappa shape index (κ1) is 12.5. The van der Waals surface area contributed by atoms with Gasteiger partial charge in [-0.05, 0) is 43.7 Å². The van der Waals surface area contributed by atoms with E-state index in [2.05, 4.69) is 22.3 Å². The van der Waals surface area contributed by atoms with Gasteiger partial charge in [-0.15, -0.1) is 0 Å². The van der Waals surface area contributed by atoms with Gasteiger partial charge in [0.1, 0.15) is 0 Å². The van der Waals surface area contributed by atoms with E-state index in [9.17, 15) is 4.79 Å². The van der Waals surface area contributed by atoms with E-state index in [0.717, 1.165) is 51.3 Å². The van der Waals surface area contributed by atoms with Gasteiger partial charge >= 0.3 is 0 Å². The molecule has 4 heteroatoms. The molecule has 1 aromatic carbocycles. The highest BCUT2D eigenvalue weighted by molar-refractivity contribution is 5.95. The molecule has 1 N–H and O–H groups in total. The first-order chi connectivity index (χ1) is 9.34. The molecule has 2 fully saturated rings. The Kier molecular flexibility index (Phi) is 3.69. The summed E-state index contributed by atoms with van der Waals surface area (Å²) in [7, 11) is 0. The zero-order valence-electron chi connectivity index (χ0n) is 11.3. The van der Waals surface area contributed by atoms with E-state index >= 15 is 0 Å². The Morgan fingerprint density at radius 2 is 1.74 bits per heavy atom. The van der Waals surface area contributed by atoms with Crippen LogP contribution in [-0.4, -0.2) is 50.1 Å². The Morgan fingerprint density at radius 1 is 0.947 bits per heavy atom. The SMILES string of the molecule is O=C(c1ccc(N2CCCNCC2)cc1)N1CCC1. The van der Waals surface area contributed by atoms with Crippen molar-refractivity contribution in [3.8, 4) is 0 Å². The summed E-state index contributed by atoms with van der Waals surface area (Å²) in [6.45, 7) is 6.10. The van der Waals surface area contributed by atoms with E-state index in [0.29, 0.717) is 0 Å². The van der Waals surface area contributed by atoms with Crippen molar-refractivity contribution < 1.29 is 4.79 Å². The highest BCUT2D eigenvalue weighted by atomic mass is 16.2. The molecule has 19 heavy (non-hydrogen) atoms. The Balaban J connectivity index is 1.68. The Hall–Kier alpha value is -1.55. The first-order valence-corrected chi connectivity index (χ1v) is 7.19. The standard InChI is InChI=1S/C15H21N3O/c19-15(18-10-2-11-18)13-3-5-14(6-4-13)17-9-1-7-16-8-12-17/h3-6,16H,1-2,7-12H2. The van der Waals surface area contributed by atoms with Gasteiger partial charge in [-0.2, -0.15) is 0 Å². The fourth-order valence-electron chi connectivity index (χ4n) is 2.62. The fraction of sp³-hybridized carbons (Fsp3) is 0.533. The molecule has 4 nitrogen and oxygen atoms in total. The number of carbonyl (C=O) groups excluding carboxylic acids is 1. The van der Waals surface area contributed by atoms with Crippen LogP contribution in [-0.2, 0) is 0 Å². The third-order valence-corrected chi connectivity index (χ3v) is 3.96. The molecule has 0 unspecified atom stereocenters. The molecule has 0 saturated carbocycles. The molecular weight excluding hydrogens is 238 g/mol. The van der Waals surface area contributed by atoms with Crippen LogP contribution in [0.2, 0.25) is 0 Å². The maximum Gasteiger partial charge on any atom is 0.253 e. The maximum absolute atomic E-state index is 12.1. The highest BCUT2D eigenvalue weighted by Gasteiger charge is 2.21. The maximum atomic E-state index is 12.1. The second-order valence-corrected chi connectivity index (χ2v) is 5.28. The lowest BCUT2D eigenvalue weighted by atomic mass is 10.1. The van der Waals surface area contributed by atoms with Crippen LogP contribution < -0.4 is 10.2 Å². The largest absolute Gasteiger partial charge is 0.370 e. The molecule has 0 aliphatic carbocycles. The van der Waals surface area contributed by atoms with E-state index in [4.69, 9.17) is 0 Å². The summed E-state index contributed by atoms with van der Waals surface area (Å²) in [4.78, 5) is 16.4. The van der Waals surface area contributed by atoms with Crippen LogP contribution in [0.25, 0.3) is 0 Å². The molecule has 0 atom stereocenters. The predicted octanol–water partition coefficient (Wildman–Crippen LogP) is 1.33. The second kappa shape index (κ2) is 5.61. The van der Waals surface area contributed by atoms with E-state index in [1.165, 1.54) is 12.1 Å². The number of benzene rings is 1. The van der Waals surface area contributed by atoms with Gasteiger partial charge in [0.25, 0.3) is 5.91 Å². The van der Waals surface area contributed by atoms with Crippen molar-refractivity contribution >= 4 is 11.6 Å². The van der Waals surface area contributed by atoms with Gasteiger partial charge in [0.05, 0.1) is 0 Å². The summed E-state index contributed by atoms with van der Waals surface area (Å²) in [5.74, 6) is 0.176. The molecule has 2 aliphatic rings. The lowest BCUT2D eigenvalue weighted by molar-refractivity contribution is 0.0652. The van der Waals surface area contributed by atoms with Crippen LogP contribution in [0.15, 0.2) is 24.3 Å². The average Bonchev–Trinajstić information content (AvgIpc) is 2.65. The number of amides is 1. The lowest BCUT2D eigenvalue weighted by Crippen LogP contribution is -2.42. The number of nitrogens with zero attached hydrogens (tertiary/aromatic N) is 2. The molecule has 2 heterocycles.